The van der Waals surface area contributed by atoms with Crippen LogP contribution in [-0.4, -0.2) is 18.6 Å². The number of carbonyl (C=O) groups is 1. The van der Waals surface area contributed by atoms with Crippen molar-refractivity contribution in [3.05, 3.63) is 34.9 Å². The molecule has 0 radical (unpaired) electrons. The summed E-state index contributed by atoms with van der Waals surface area (Å²) >= 11 is 0. The monoisotopic (exact) mass is 289 g/mol. The van der Waals surface area contributed by atoms with E-state index in [4.69, 9.17) is 4.74 Å². The highest BCUT2D eigenvalue weighted by Crippen LogP contribution is 2.30. The van der Waals surface area contributed by atoms with Crippen molar-refractivity contribution >= 4 is 5.97 Å². The van der Waals surface area contributed by atoms with Crippen molar-refractivity contribution in [2.24, 2.45) is 0 Å². The average Bonchev–Trinajstić information content (AvgIpc) is 2.91. The largest absolute Gasteiger partial charge is 0.464 e. The van der Waals surface area contributed by atoms with E-state index < -0.39 is 5.54 Å². The summed E-state index contributed by atoms with van der Waals surface area (Å²) in [5, 5.41) is 3.58. The molecule has 21 heavy (non-hydrogen) atoms. The lowest BCUT2D eigenvalue weighted by Gasteiger charge is -2.33. The van der Waals surface area contributed by atoms with Crippen molar-refractivity contribution in [3.8, 4) is 0 Å². The van der Waals surface area contributed by atoms with Crippen LogP contribution in [0.1, 0.15) is 56.2 Å². The Balaban J connectivity index is 2.35. The van der Waals surface area contributed by atoms with Gasteiger partial charge >= 0.3 is 5.97 Å². The molecule has 3 nitrogen and oxygen atoms in total. The van der Waals surface area contributed by atoms with Crippen LogP contribution in [0.4, 0.5) is 0 Å². The summed E-state index contributed by atoms with van der Waals surface area (Å²) in [6.07, 6.45) is 4.76. The summed E-state index contributed by atoms with van der Waals surface area (Å²) in [5.41, 5.74) is 2.61. The van der Waals surface area contributed by atoms with Crippen molar-refractivity contribution in [2.75, 3.05) is 6.61 Å². The van der Waals surface area contributed by atoms with E-state index in [1.54, 1.807) is 0 Å². The van der Waals surface area contributed by atoms with Gasteiger partial charge in [-0.15, -0.1) is 0 Å². The van der Waals surface area contributed by atoms with Gasteiger partial charge in [0.05, 0.1) is 6.61 Å². The fourth-order valence-corrected chi connectivity index (χ4v) is 3.38. The summed E-state index contributed by atoms with van der Waals surface area (Å²) in [4.78, 5) is 12.6. The molecular weight excluding hydrogens is 262 g/mol. The van der Waals surface area contributed by atoms with E-state index in [1.165, 1.54) is 18.4 Å². The van der Waals surface area contributed by atoms with Gasteiger partial charge in [0, 0.05) is 6.04 Å². The lowest BCUT2D eigenvalue weighted by molar-refractivity contribution is -0.151. The fourth-order valence-electron chi connectivity index (χ4n) is 3.38. The van der Waals surface area contributed by atoms with Gasteiger partial charge in [-0.1, -0.05) is 36.6 Å². The molecule has 3 heteroatoms. The minimum atomic E-state index is -0.761. The smallest absolute Gasteiger partial charge is 0.330 e. The summed E-state index contributed by atoms with van der Waals surface area (Å²) in [7, 11) is 0. The summed E-state index contributed by atoms with van der Waals surface area (Å²) in [6, 6.07) is 6.66. The van der Waals surface area contributed by atoms with Crippen molar-refractivity contribution in [2.45, 2.75) is 65.0 Å². The van der Waals surface area contributed by atoms with Crippen LogP contribution in [0.5, 0.6) is 0 Å². The highest BCUT2D eigenvalue weighted by Gasteiger charge is 2.40. The van der Waals surface area contributed by atoms with Gasteiger partial charge in [-0.3, -0.25) is 5.32 Å². The van der Waals surface area contributed by atoms with Crippen LogP contribution >= 0.6 is 0 Å². The Bertz CT molecular complexity index is 506. The fraction of sp³-hybridized carbons (Fsp3) is 0.611. The topological polar surface area (TPSA) is 38.3 Å². The van der Waals surface area contributed by atoms with Gasteiger partial charge in [0.15, 0.2) is 0 Å². The van der Waals surface area contributed by atoms with Crippen LogP contribution in [0.25, 0.3) is 0 Å². The number of hydrogen-bond acceptors (Lipinski definition) is 3. The van der Waals surface area contributed by atoms with Gasteiger partial charge in [-0.05, 0) is 51.7 Å². The van der Waals surface area contributed by atoms with E-state index in [9.17, 15) is 4.79 Å². The predicted octanol–water partition coefficient (Wildman–Crippen LogP) is 3.61. The predicted molar refractivity (Wildman–Crippen MR) is 85.3 cm³/mol. The second-order valence-electron chi connectivity index (χ2n) is 6.29. The number of ether oxygens (including phenoxy) is 1. The van der Waals surface area contributed by atoms with E-state index in [1.807, 2.05) is 13.8 Å². The van der Waals surface area contributed by atoms with Crippen molar-refractivity contribution in [3.63, 3.8) is 0 Å². The summed E-state index contributed by atoms with van der Waals surface area (Å²) in [5.74, 6) is -0.177. The maximum Gasteiger partial charge on any atom is 0.330 e. The Morgan fingerprint density at radius 3 is 2.57 bits per heavy atom. The zero-order chi connectivity index (χ0) is 15.5. The number of nitrogens with one attached hydrogen (secondary N) is 1. The number of benzene rings is 1. The first-order valence-corrected chi connectivity index (χ1v) is 8.00. The number of hydrogen-bond donors (Lipinski definition) is 1. The average molecular weight is 289 g/mol. The van der Waals surface area contributed by atoms with E-state index in [-0.39, 0.29) is 5.97 Å². The minimum Gasteiger partial charge on any atom is -0.464 e. The lowest BCUT2D eigenvalue weighted by Crippen LogP contribution is -2.51. The molecule has 1 aromatic carbocycles. The molecule has 116 valence electrons. The van der Waals surface area contributed by atoms with Crippen molar-refractivity contribution in [1.82, 2.24) is 5.32 Å². The first-order chi connectivity index (χ1) is 9.97. The molecule has 1 N–H and O–H groups in total. The number of carbonyl (C=O) groups excluding carboxylic acids is 1. The maximum absolute atomic E-state index is 12.6. The molecule has 1 fully saturated rings. The molecule has 0 saturated heterocycles. The van der Waals surface area contributed by atoms with Crippen LogP contribution in [0.15, 0.2) is 18.2 Å². The second-order valence-corrected chi connectivity index (χ2v) is 6.29. The molecule has 0 bridgehead atoms. The SMILES string of the molecule is CCOC(=O)C(C)(NC1CCCC1)c1ccc(C)cc1C. The molecule has 1 saturated carbocycles. The van der Waals surface area contributed by atoms with Gasteiger partial charge < -0.3 is 4.74 Å². The molecule has 1 aromatic rings. The molecule has 1 unspecified atom stereocenters. The molecule has 1 aliphatic carbocycles. The molecular formula is C18H27NO2. The third kappa shape index (κ3) is 3.46. The van der Waals surface area contributed by atoms with Gasteiger partial charge in [0.25, 0.3) is 0 Å². The molecule has 1 atom stereocenters. The molecule has 1 aliphatic rings. The first-order valence-electron chi connectivity index (χ1n) is 8.00. The Hall–Kier alpha value is -1.35. The number of esters is 1. The van der Waals surface area contributed by atoms with Gasteiger partial charge in [0.1, 0.15) is 5.54 Å². The Kier molecular flexibility index (Phi) is 5.04. The van der Waals surface area contributed by atoms with Crippen LogP contribution in [0.2, 0.25) is 0 Å². The first kappa shape index (κ1) is 16.0. The van der Waals surface area contributed by atoms with Gasteiger partial charge in [-0.2, -0.15) is 0 Å². The van der Waals surface area contributed by atoms with Gasteiger partial charge in [0.2, 0.25) is 0 Å². The van der Waals surface area contributed by atoms with Crippen molar-refractivity contribution in [1.29, 1.82) is 0 Å². The lowest BCUT2D eigenvalue weighted by atomic mass is 9.86. The van der Waals surface area contributed by atoms with Crippen LogP contribution < -0.4 is 5.32 Å². The van der Waals surface area contributed by atoms with Gasteiger partial charge in [-0.25, -0.2) is 4.79 Å². The van der Waals surface area contributed by atoms with Crippen molar-refractivity contribution < 1.29 is 9.53 Å². The normalized spacial score (nSPS) is 18.5. The summed E-state index contributed by atoms with van der Waals surface area (Å²) < 4.78 is 5.36. The van der Waals surface area contributed by atoms with E-state index in [0.29, 0.717) is 12.6 Å². The zero-order valence-electron chi connectivity index (χ0n) is 13.7. The number of aryl methyl sites for hydroxylation is 2. The zero-order valence-corrected chi connectivity index (χ0v) is 13.7. The minimum absolute atomic E-state index is 0.177. The highest BCUT2D eigenvalue weighted by molar-refractivity contribution is 5.82. The number of rotatable bonds is 5. The maximum atomic E-state index is 12.6. The quantitative estimate of drug-likeness (QED) is 0.841. The molecule has 0 spiro atoms. The third-order valence-electron chi connectivity index (χ3n) is 4.45. The molecule has 2 rings (SSSR count). The van der Waals surface area contributed by atoms with E-state index in [0.717, 1.165) is 24.0 Å². The van der Waals surface area contributed by atoms with Crippen LogP contribution in [-0.2, 0) is 15.1 Å². The molecule has 0 aliphatic heterocycles. The van der Waals surface area contributed by atoms with Crippen LogP contribution in [0.3, 0.4) is 0 Å². The second kappa shape index (κ2) is 6.61. The molecule has 0 heterocycles. The summed E-state index contributed by atoms with van der Waals surface area (Å²) in [6.45, 7) is 8.36. The highest BCUT2D eigenvalue weighted by atomic mass is 16.5. The molecule has 0 amide bonds. The Morgan fingerprint density at radius 1 is 1.33 bits per heavy atom. The Labute approximate surface area is 128 Å². The Morgan fingerprint density at radius 2 is 2.00 bits per heavy atom. The van der Waals surface area contributed by atoms with Crippen LogP contribution in [0, 0.1) is 13.8 Å². The van der Waals surface area contributed by atoms with E-state index in [2.05, 4.69) is 37.4 Å². The molecule has 0 aromatic heterocycles. The van der Waals surface area contributed by atoms with E-state index >= 15 is 0 Å². The standard InChI is InChI=1S/C18H27NO2/c1-5-21-17(20)18(4,19-15-8-6-7-9-15)16-11-10-13(2)12-14(16)3/h10-12,15,19H,5-9H2,1-4H3. The third-order valence-corrected chi connectivity index (χ3v) is 4.45.